The molecular weight excluding hydrogens is 767 g/mol. The van der Waals surface area contributed by atoms with E-state index in [9.17, 15) is 48.6 Å². The lowest BCUT2D eigenvalue weighted by molar-refractivity contribution is -0.142. The Bertz CT molecular complexity index is 1420. The van der Waals surface area contributed by atoms with E-state index in [0.717, 1.165) is 0 Å². The van der Waals surface area contributed by atoms with Gasteiger partial charge in [0.1, 0.15) is 11.8 Å². The van der Waals surface area contributed by atoms with Gasteiger partial charge in [-0.15, -0.1) is 0 Å². The quantitative estimate of drug-likeness (QED) is 0.0137. The fourth-order valence-electron chi connectivity index (χ4n) is 5.67. The van der Waals surface area contributed by atoms with Crippen molar-refractivity contribution in [1.29, 1.82) is 0 Å². The number of hydrogen-bond donors (Lipinski definition) is 12. The van der Waals surface area contributed by atoms with Gasteiger partial charge in [0, 0.05) is 49.9 Å². The minimum absolute atomic E-state index is 0.00683. The highest BCUT2D eigenvalue weighted by Gasteiger charge is 2.34. The summed E-state index contributed by atoms with van der Waals surface area (Å²) in [4.78, 5) is 111. The van der Waals surface area contributed by atoms with Crippen molar-refractivity contribution in [3.05, 3.63) is 0 Å². The van der Waals surface area contributed by atoms with E-state index in [0.29, 0.717) is 19.3 Å². The predicted molar refractivity (Wildman–Crippen MR) is 215 cm³/mol. The largest absolute Gasteiger partial charge is 0.481 e. The van der Waals surface area contributed by atoms with Crippen LogP contribution in [0.25, 0.3) is 0 Å². The molecule has 22 heteroatoms. The second kappa shape index (κ2) is 28.7. The minimum Gasteiger partial charge on any atom is -0.481 e. The molecule has 17 N–H and O–H groups in total. The van der Waals surface area contributed by atoms with Gasteiger partial charge < -0.3 is 60.6 Å². The maximum Gasteiger partial charge on any atom is 0.304 e. The molecule has 0 heterocycles. The molecule has 0 aromatic carbocycles. The number of Topliss-reactive ketones (excluding diaryl/α,β-unsaturated/α-hetero) is 4. The van der Waals surface area contributed by atoms with Crippen molar-refractivity contribution in [3.8, 4) is 0 Å². The van der Waals surface area contributed by atoms with Crippen molar-refractivity contribution in [1.82, 2.24) is 16.0 Å². The summed E-state index contributed by atoms with van der Waals surface area (Å²) in [6.45, 7) is 2.66. The summed E-state index contributed by atoms with van der Waals surface area (Å²) in [6, 6.07) is -3.67. The zero-order valence-electron chi connectivity index (χ0n) is 32.8. The molecule has 3 amide bonds. The molecule has 0 saturated heterocycles. The first-order chi connectivity index (χ1) is 26.7. The van der Waals surface area contributed by atoms with E-state index in [2.05, 4.69) is 38.6 Å². The molecule has 0 aromatic rings. The van der Waals surface area contributed by atoms with Crippen molar-refractivity contribution >= 4 is 71.4 Å². The van der Waals surface area contributed by atoms with Crippen LogP contribution in [0, 0.1) is 17.8 Å². The number of nitrogens with zero attached hydrogens (tertiary/aromatic N) is 2. The number of carbonyl (C=O) groups is 8. The summed E-state index contributed by atoms with van der Waals surface area (Å²) >= 11 is 3.92. The molecule has 0 radical (unpaired) electrons. The number of amides is 3. The third kappa shape index (κ3) is 23.2. The lowest BCUT2D eigenvalue weighted by atomic mass is 9.88. The number of carboxylic acids is 1. The number of thiol groups is 1. The van der Waals surface area contributed by atoms with Crippen LogP contribution in [0.3, 0.4) is 0 Å². The van der Waals surface area contributed by atoms with Crippen LogP contribution in [-0.4, -0.2) is 125 Å². The maximum absolute atomic E-state index is 13.9. The monoisotopic (exact) mass is 829 g/mol. The van der Waals surface area contributed by atoms with E-state index in [4.69, 9.17) is 34.4 Å². The third-order valence-corrected chi connectivity index (χ3v) is 9.28. The number of hydrogen-bond acceptors (Lipinski definition) is 14. The van der Waals surface area contributed by atoms with Gasteiger partial charge in [0.15, 0.2) is 29.3 Å². The van der Waals surface area contributed by atoms with Gasteiger partial charge in [-0.25, -0.2) is 0 Å². The fourth-order valence-corrected chi connectivity index (χ4v) is 5.84. The zero-order chi connectivity index (χ0) is 43.7. The summed E-state index contributed by atoms with van der Waals surface area (Å²) in [5.41, 5.74) is 32.8. The second-order valence-electron chi connectivity index (χ2n) is 13.9. The Morgan fingerprint density at radius 3 is 1.74 bits per heavy atom. The average Bonchev–Trinajstić information content (AvgIpc) is 3.13. The first-order valence-corrected chi connectivity index (χ1v) is 19.4. The number of carbonyl (C=O) groups excluding carboxylic acids is 7. The van der Waals surface area contributed by atoms with Crippen molar-refractivity contribution < 1.29 is 48.6 Å². The summed E-state index contributed by atoms with van der Waals surface area (Å²) in [7, 11) is 0. The van der Waals surface area contributed by atoms with Gasteiger partial charge in [-0.05, 0) is 65.3 Å². The number of nitrogens with one attached hydrogen (secondary N) is 3. The Balaban J connectivity index is 6.27. The molecule has 57 heavy (non-hydrogen) atoms. The highest BCUT2D eigenvalue weighted by molar-refractivity contribution is 7.80. The van der Waals surface area contributed by atoms with Gasteiger partial charge in [0.25, 0.3) is 0 Å². The second-order valence-corrected chi connectivity index (χ2v) is 14.2. The van der Waals surface area contributed by atoms with E-state index in [1.54, 1.807) is 0 Å². The van der Waals surface area contributed by atoms with E-state index in [1.807, 2.05) is 0 Å². The number of carboxylic acid groups (broad SMARTS) is 1. The van der Waals surface area contributed by atoms with Crippen LogP contribution < -0.4 is 50.4 Å². The number of aliphatic imine (C=N–C) groups is 2. The Labute approximate surface area is 338 Å². The Hall–Kier alpha value is -4.67. The van der Waals surface area contributed by atoms with Gasteiger partial charge in [0.2, 0.25) is 17.7 Å². The van der Waals surface area contributed by atoms with Gasteiger partial charge in [-0.3, -0.25) is 48.3 Å². The molecule has 324 valence electrons. The first-order valence-electron chi connectivity index (χ1n) is 18.8. The molecule has 0 bridgehead atoms. The zero-order valence-corrected chi connectivity index (χ0v) is 33.7. The van der Waals surface area contributed by atoms with E-state index < -0.39 is 109 Å². The lowest BCUT2D eigenvalue weighted by Gasteiger charge is -2.26. The van der Waals surface area contributed by atoms with Gasteiger partial charge >= 0.3 is 5.97 Å². The lowest BCUT2D eigenvalue weighted by Crippen LogP contribution is -2.51. The maximum atomic E-state index is 13.9. The van der Waals surface area contributed by atoms with Crippen LogP contribution >= 0.6 is 12.6 Å². The molecule has 0 spiro atoms. The average molecular weight is 830 g/mol. The van der Waals surface area contributed by atoms with Gasteiger partial charge in [-0.1, -0.05) is 0 Å². The number of nitrogens with two attached hydrogens (primary N) is 6. The van der Waals surface area contributed by atoms with Crippen molar-refractivity contribution in [2.24, 2.45) is 62.1 Å². The number of guanidine groups is 2. The molecular formula is C35H63N11O10S. The molecule has 0 aliphatic rings. The van der Waals surface area contributed by atoms with Crippen LogP contribution in [-0.2, 0) is 38.4 Å². The van der Waals surface area contributed by atoms with Crippen LogP contribution in [0.4, 0.5) is 0 Å². The van der Waals surface area contributed by atoms with Crippen LogP contribution in [0.5, 0.6) is 0 Å². The van der Waals surface area contributed by atoms with Crippen LogP contribution in [0.15, 0.2) is 9.98 Å². The van der Waals surface area contributed by atoms with Crippen molar-refractivity contribution in [3.63, 3.8) is 0 Å². The molecule has 21 nitrogen and oxygen atoms in total. The summed E-state index contributed by atoms with van der Waals surface area (Å²) in [5, 5.41) is 27.4. The number of ketones is 4. The molecule has 1 unspecified atom stereocenters. The molecule has 0 aliphatic carbocycles. The first kappa shape index (κ1) is 52.3. The number of aliphatic hydroxyl groups excluding tert-OH is 1. The standard InChI is InChI=1S/C35H63N11O10S/c1-19(47)21(7-5-11-42-34(38)39)14-28(51)30(20(2)48)46-31(54)22(8-6-12-43-35(40)41)15-27(50)26(9-3-4-10-36)45-32(55)23(16-29(52)53)13-24(49)17-44-33(56)25(37)18-57/h20-23,25-26,30,48,57H,3-18,36-37H2,1-2H3,(H,44,56)(H,45,55)(H,46,54)(H,52,53)(H4,38,39,42)(H4,40,41,43)/t20?,21-,22-,23+,25-,26+,30+/m1/s1. The van der Waals surface area contributed by atoms with E-state index >= 15 is 0 Å². The molecule has 0 aromatic heterocycles. The van der Waals surface area contributed by atoms with Gasteiger partial charge in [-0.2, -0.15) is 12.6 Å². The van der Waals surface area contributed by atoms with Crippen LogP contribution in [0.1, 0.15) is 84.5 Å². The summed E-state index contributed by atoms with van der Waals surface area (Å²) in [5.74, 6) is -9.55. The highest BCUT2D eigenvalue weighted by atomic mass is 32.1. The predicted octanol–water partition coefficient (Wildman–Crippen LogP) is -3.26. The number of unbranched alkanes of at least 4 members (excludes halogenated alkanes) is 1. The Morgan fingerprint density at radius 2 is 1.25 bits per heavy atom. The smallest absolute Gasteiger partial charge is 0.304 e. The summed E-state index contributed by atoms with van der Waals surface area (Å²) < 4.78 is 0. The summed E-state index contributed by atoms with van der Waals surface area (Å²) in [6.07, 6.45) is -1.74. The molecule has 0 rings (SSSR count). The highest BCUT2D eigenvalue weighted by Crippen LogP contribution is 2.20. The number of rotatable bonds is 32. The number of aliphatic hydroxyl groups is 1. The molecule has 0 fully saturated rings. The number of aliphatic carboxylic acids is 1. The normalized spacial score (nSPS) is 14.6. The van der Waals surface area contributed by atoms with E-state index in [-0.39, 0.29) is 75.2 Å². The minimum atomic E-state index is -1.44. The topological polar surface area (TPSA) is 394 Å². The van der Waals surface area contributed by atoms with Crippen LogP contribution in [0.2, 0.25) is 0 Å². The van der Waals surface area contributed by atoms with E-state index in [1.165, 1.54) is 13.8 Å². The van der Waals surface area contributed by atoms with Gasteiger partial charge in [0.05, 0.1) is 37.1 Å². The molecule has 7 atom stereocenters. The SMILES string of the molecule is CC(=O)[C@H](CCCN=C(N)N)CC(=O)[C@@H](NC(=O)[C@H](CCCN=C(N)N)CC(=O)[C@H](CCCCN)NC(=O)[C@H](CC(=O)O)CC(=O)CNC(=O)[C@H](N)CS)C(C)O. The third-order valence-electron chi connectivity index (χ3n) is 8.89. The molecule has 0 aliphatic heterocycles. The fraction of sp³-hybridized carbons (Fsp3) is 0.714. The Kier molecular flexibility index (Phi) is 26.3. The van der Waals surface area contributed by atoms with Crippen molar-refractivity contribution in [2.75, 3.05) is 31.9 Å². The molecule has 0 saturated carbocycles. The Morgan fingerprint density at radius 1 is 0.702 bits per heavy atom. The van der Waals surface area contributed by atoms with Crippen molar-refractivity contribution in [2.45, 2.75) is 109 Å².